The Morgan fingerprint density at radius 2 is 1.38 bits per heavy atom. The summed E-state index contributed by atoms with van der Waals surface area (Å²) in [5.74, 6) is 0. The van der Waals surface area contributed by atoms with Gasteiger partial charge in [-0.1, -0.05) is 0 Å². The summed E-state index contributed by atoms with van der Waals surface area (Å²) in [7, 11) is 0. The van der Waals surface area contributed by atoms with Crippen molar-refractivity contribution in [2.45, 2.75) is 26.7 Å². The summed E-state index contributed by atoms with van der Waals surface area (Å²) in [5, 5.41) is -1.51. The molecule has 4 heteroatoms. The predicted octanol–water partition coefficient (Wildman–Crippen LogP) is 4.99. The Morgan fingerprint density at radius 3 is 1.75 bits per heavy atom. The van der Waals surface area contributed by atoms with Gasteiger partial charge in [-0.15, -0.1) is 0 Å². The van der Waals surface area contributed by atoms with Crippen molar-refractivity contribution in [3.63, 3.8) is 0 Å². The molecule has 0 saturated carbocycles. The van der Waals surface area contributed by atoms with Crippen LogP contribution in [0.15, 0.2) is 30.3 Å². The fraction of sp³-hybridized carbons (Fsp3) is 0.500. The molecule has 1 rings (SSSR count). The summed E-state index contributed by atoms with van der Waals surface area (Å²) in [4.78, 5) is 0. The van der Waals surface area contributed by atoms with Crippen LogP contribution in [-0.4, -0.2) is 12.3 Å². The molecule has 0 heterocycles. The normalized spacial score (nSPS) is 13.6. The van der Waals surface area contributed by atoms with Gasteiger partial charge < -0.3 is 0 Å². The summed E-state index contributed by atoms with van der Waals surface area (Å²) in [6, 6.07) is 10.2. The standard InChI is InChI=1S/C12H19Cl2P.Hg/c1-3-10-15(13,14,11-4-2)12-8-6-5-7-9-12;/h5-9H,3-4,10-11H2,1-2H3;. The molecule has 0 aromatic heterocycles. The van der Waals surface area contributed by atoms with Crippen molar-refractivity contribution in [1.29, 1.82) is 0 Å². The zero-order valence-corrected chi connectivity index (χ0v) is 18.0. The Balaban J connectivity index is 0.00000225. The monoisotopic (exact) mass is 466 g/mol. The summed E-state index contributed by atoms with van der Waals surface area (Å²) in [6.45, 7) is 4.29. The maximum absolute atomic E-state index is 6.82. The molecule has 0 aliphatic rings. The van der Waals surface area contributed by atoms with Crippen LogP contribution in [0.25, 0.3) is 0 Å². The Bertz CT molecular complexity index is 304. The van der Waals surface area contributed by atoms with Crippen molar-refractivity contribution in [3.8, 4) is 0 Å². The first kappa shape index (κ1) is 17.2. The van der Waals surface area contributed by atoms with Gasteiger partial charge in [0.15, 0.2) is 0 Å². The quantitative estimate of drug-likeness (QED) is 0.424. The second-order valence-corrected chi connectivity index (χ2v) is 13.4. The zero-order chi connectivity index (χ0) is 11.4. The molecule has 0 saturated heterocycles. The van der Waals surface area contributed by atoms with Crippen LogP contribution in [0.1, 0.15) is 26.7 Å². The van der Waals surface area contributed by atoms with E-state index in [0.717, 1.165) is 30.5 Å². The van der Waals surface area contributed by atoms with Crippen molar-refractivity contribution in [2.24, 2.45) is 0 Å². The number of hydrogen-bond donors (Lipinski definition) is 0. The van der Waals surface area contributed by atoms with Crippen LogP contribution in [0.5, 0.6) is 0 Å². The minimum Gasteiger partial charge on any atom is 0 e. The second kappa shape index (κ2) is 6.93. The molecule has 0 nitrogen and oxygen atoms in total. The molecule has 0 atom stereocenters. The molecular weight excluding hydrogens is 447 g/mol. The third-order valence-corrected chi connectivity index (χ3v) is 9.91. The molecule has 0 aliphatic heterocycles. The minimum atomic E-state index is -2.66. The molecule has 0 aliphatic carbocycles. The third kappa shape index (κ3) is 4.12. The molecule has 0 amide bonds. The Morgan fingerprint density at radius 1 is 0.938 bits per heavy atom. The van der Waals surface area contributed by atoms with Crippen molar-refractivity contribution >= 4 is 33.1 Å². The smallest absolute Gasteiger partial charge is 0 e. The third-order valence-electron chi connectivity index (χ3n) is 2.64. The van der Waals surface area contributed by atoms with Crippen molar-refractivity contribution in [2.75, 3.05) is 12.3 Å². The van der Waals surface area contributed by atoms with Crippen LogP contribution >= 0.6 is 27.8 Å². The number of rotatable bonds is 5. The van der Waals surface area contributed by atoms with E-state index in [1.165, 1.54) is 0 Å². The van der Waals surface area contributed by atoms with Gasteiger partial charge in [0.1, 0.15) is 0 Å². The van der Waals surface area contributed by atoms with Crippen molar-refractivity contribution in [3.05, 3.63) is 30.3 Å². The van der Waals surface area contributed by atoms with E-state index in [1.54, 1.807) is 0 Å². The van der Waals surface area contributed by atoms with Crippen molar-refractivity contribution in [1.82, 2.24) is 0 Å². The molecule has 1 aromatic carbocycles. The second-order valence-electron chi connectivity index (χ2n) is 4.03. The van der Waals surface area contributed by atoms with Gasteiger partial charge in [0, 0.05) is 27.7 Å². The van der Waals surface area contributed by atoms with E-state index in [1.807, 2.05) is 18.2 Å². The van der Waals surface area contributed by atoms with Gasteiger partial charge in [0.05, 0.1) is 0 Å². The van der Waals surface area contributed by atoms with Gasteiger partial charge in [0.25, 0.3) is 0 Å². The van der Waals surface area contributed by atoms with Crippen LogP contribution in [0.2, 0.25) is 0 Å². The largest absolute Gasteiger partial charge is 0 e. The molecule has 0 unspecified atom stereocenters. The number of benzene rings is 1. The van der Waals surface area contributed by atoms with Crippen LogP contribution in [-0.2, 0) is 27.7 Å². The summed E-state index contributed by atoms with van der Waals surface area (Å²) < 4.78 is 0. The van der Waals surface area contributed by atoms with Crippen LogP contribution in [0.4, 0.5) is 0 Å². The molecule has 0 fully saturated rings. The topological polar surface area (TPSA) is 0 Å². The van der Waals surface area contributed by atoms with Crippen LogP contribution in [0.3, 0.4) is 0 Å². The van der Waals surface area contributed by atoms with E-state index >= 15 is 0 Å². The first-order chi connectivity index (χ1) is 7.02. The maximum atomic E-state index is 6.82. The molecule has 0 radical (unpaired) electrons. The molecule has 0 spiro atoms. The molecule has 16 heavy (non-hydrogen) atoms. The average molecular weight is 466 g/mol. The average Bonchev–Trinajstić information content (AvgIpc) is 2.19. The maximum Gasteiger partial charge on any atom is 0 e. The molecule has 88 valence electrons. The number of halogens is 2. The fourth-order valence-electron chi connectivity index (χ4n) is 2.00. The Hall–Kier alpha value is 1.17. The van der Waals surface area contributed by atoms with Gasteiger partial charge in [0.2, 0.25) is 0 Å². The van der Waals surface area contributed by atoms with Gasteiger partial charge >= 0.3 is 102 Å². The van der Waals surface area contributed by atoms with Gasteiger partial charge in [-0.05, 0) is 0 Å². The summed E-state index contributed by atoms with van der Waals surface area (Å²) in [6.07, 6.45) is 3.93. The van der Waals surface area contributed by atoms with Gasteiger partial charge in [-0.25, -0.2) is 0 Å². The molecule has 0 N–H and O–H groups in total. The van der Waals surface area contributed by atoms with E-state index in [0.29, 0.717) is 0 Å². The van der Waals surface area contributed by atoms with E-state index in [4.69, 9.17) is 22.5 Å². The SMILES string of the molecule is CCCP(Cl)(Cl)(CCC)c1ccccc1.[Hg]. The zero-order valence-electron chi connectivity index (χ0n) is 10.1. The Labute approximate surface area is 129 Å². The van der Waals surface area contributed by atoms with Crippen LogP contribution < -0.4 is 5.30 Å². The predicted molar refractivity (Wildman–Crippen MR) is 75.0 cm³/mol. The van der Waals surface area contributed by atoms with E-state index in [-0.39, 0.29) is 27.7 Å². The van der Waals surface area contributed by atoms with Crippen molar-refractivity contribution < 1.29 is 27.7 Å². The fourth-order valence-corrected chi connectivity index (χ4v) is 8.02. The number of hydrogen-bond acceptors (Lipinski definition) is 0. The first-order valence-corrected chi connectivity index (χ1v) is 9.94. The molecule has 1 aromatic rings. The van der Waals surface area contributed by atoms with Gasteiger partial charge in [-0.2, -0.15) is 0 Å². The van der Waals surface area contributed by atoms with Crippen LogP contribution in [0, 0.1) is 0 Å². The van der Waals surface area contributed by atoms with E-state index in [2.05, 4.69) is 26.0 Å². The van der Waals surface area contributed by atoms with Gasteiger partial charge in [-0.3, -0.25) is 0 Å². The minimum absolute atomic E-state index is 0. The summed E-state index contributed by atoms with van der Waals surface area (Å²) >= 11 is 13.6. The Kier molecular flexibility index (Phi) is 7.43. The first-order valence-electron chi connectivity index (χ1n) is 5.52. The molecular formula is C12H19Cl2HgP. The van der Waals surface area contributed by atoms with E-state index < -0.39 is 5.31 Å². The van der Waals surface area contributed by atoms with E-state index in [9.17, 15) is 0 Å². The summed E-state index contributed by atoms with van der Waals surface area (Å²) in [5.41, 5.74) is 0. The molecule has 0 bridgehead atoms.